The van der Waals surface area contributed by atoms with Crippen molar-refractivity contribution in [1.29, 1.82) is 10.8 Å². The van der Waals surface area contributed by atoms with E-state index in [4.69, 9.17) is 10.8 Å². The van der Waals surface area contributed by atoms with Gasteiger partial charge in [-0.1, -0.05) is 38.1 Å². The van der Waals surface area contributed by atoms with E-state index in [2.05, 4.69) is 5.32 Å². The number of aliphatic hydroxyl groups is 1. The number of nitrogens with zero attached hydrogens (tertiary/aromatic N) is 1. The number of hydrogen-bond donors (Lipinski definition) is 9. The zero-order valence-electron chi connectivity index (χ0n) is 37.8. The highest BCUT2D eigenvalue weighted by Crippen LogP contribution is 2.42. The van der Waals surface area contributed by atoms with Crippen molar-refractivity contribution in [3.05, 3.63) is 82.7 Å². The predicted octanol–water partition coefficient (Wildman–Crippen LogP) is 6.46. The Kier molecular flexibility index (Phi) is 21.3. The smallest absolute Gasteiger partial charge is 0.390 e. The topological polar surface area (TPSA) is 212 Å². The summed E-state index contributed by atoms with van der Waals surface area (Å²) in [6, 6.07) is -0.414. The zero-order valence-corrected chi connectivity index (χ0v) is 37.8. The Morgan fingerprint density at radius 2 is 1.10 bits per heavy atom. The summed E-state index contributed by atoms with van der Waals surface area (Å²) in [6.07, 6.45) is -11.4. The molecule has 2 aromatic rings. The molecule has 26 heteroatoms. The van der Waals surface area contributed by atoms with E-state index in [9.17, 15) is 68.2 Å². The largest absolute Gasteiger partial charge is 0.396 e. The van der Waals surface area contributed by atoms with Crippen LogP contribution >= 0.6 is 0 Å². The Balaban J connectivity index is 2.88. The summed E-state index contributed by atoms with van der Waals surface area (Å²) in [4.78, 5) is 52.7. The quantitative estimate of drug-likeness (QED) is 0.0233. The van der Waals surface area contributed by atoms with Gasteiger partial charge in [0, 0.05) is 67.5 Å². The molecule has 9 N–H and O–H groups in total. The van der Waals surface area contributed by atoms with Crippen LogP contribution in [0.4, 0.5) is 52.7 Å². The van der Waals surface area contributed by atoms with Crippen molar-refractivity contribution in [1.82, 2.24) is 37.0 Å². The highest BCUT2D eigenvalue weighted by Gasteiger charge is 2.57. The lowest BCUT2D eigenvalue weighted by molar-refractivity contribution is -0.222. The molecular weight excluding hydrogens is 951 g/mol. The fourth-order valence-corrected chi connectivity index (χ4v) is 6.19. The Morgan fingerprint density at radius 1 is 0.681 bits per heavy atom. The van der Waals surface area contributed by atoms with Crippen molar-refractivity contribution in [2.45, 2.75) is 117 Å². The van der Waals surface area contributed by atoms with Gasteiger partial charge in [-0.3, -0.25) is 24.6 Å². The van der Waals surface area contributed by atoms with E-state index >= 15 is 8.78 Å². The monoisotopic (exact) mass is 1000 g/mol. The number of nitrogens with one attached hydrogen (secondary N) is 8. The molecule has 0 saturated heterocycles. The Labute approximate surface area is 388 Å². The number of carbonyl (C=O) groups excluding carboxylic acids is 4. The summed E-state index contributed by atoms with van der Waals surface area (Å²) >= 11 is 0. The van der Waals surface area contributed by atoms with Gasteiger partial charge in [0.2, 0.25) is 17.7 Å². The van der Waals surface area contributed by atoms with Crippen LogP contribution in [-0.2, 0) is 32.1 Å². The summed E-state index contributed by atoms with van der Waals surface area (Å²) in [5.74, 6) is -8.27. The molecule has 14 nitrogen and oxygen atoms in total. The van der Waals surface area contributed by atoms with Gasteiger partial charge in [0.1, 0.15) is 23.7 Å². The third-order valence-corrected chi connectivity index (χ3v) is 10.8. The molecule has 4 amide bonds. The molecule has 0 aliphatic rings. The first-order chi connectivity index (χ1) is 31.8. The van der Waals surface area contributed by atoms with Crippen LogP contribution in [0, 0.1) is 33.3 Å². The van der Waals surface area contributed by atoms with Crippen molar-refractivity contribution >= 4 is 47.2 Å². The zero-order chi connectivity index (χ0) is 52.8. The molecule has 69 heavy (non-hydrogen) atoms. The molecule has 0 fully saturated rings. The summed E-state index contributed by atoms with van der Waals surface area (Å²) < 4.78 is 170. The first-order valence-corrected chi connectivity index (χ1v) is 20.7. The van der Waals surface area contributed by atoms with Gasteiger partial charge < -0.3 is 42.5 Å². The molecule has 0 aliphatic heterocycles. The number of amides is 4. The summed E-state index contributed by atoms with van der Waals surface area (Å²) in [5, 5.41) is 36.9. The van der Waals surface area contributed by atoms with Crippen molar-refractivity contribution in [3.63, 3.8) is 0 Å². The van der Waals surface area contributed by atoms with Crippen molar-refractivity contribution in [3.8, 4) is 0 Å². The number of alkyl halides is 10. The lowest BCUT2D eigenvalue weighted by Crippen LogP contribution is -2.63. The molecule has 0 heterocycles. The van der Waals surface area contributed by atoms with Gasteiger partial charge in [0.15, 0.2) is 0 Å². The summed E-state index contributed by atoms with van der Waals surface area (Å²) in [5.41, 5.74) is -5.78. The number of hydrazine groups is 1. The average molecular weight is 1000 g/mol. The third-order valence-electron chi connectivity index (χ3n) is 10.8. The van der Waals surface area contributed by atoms with Crippen LogP contribution in [0.3, 0.4) is 0 Å². The molecule has 384 valence electrons. The minimum atomic E-state index is -5.21. The molecular formula is C43H53F12N9O5. The highest BCUT2D eigenvalue weighted by atomic mass is 19.4. The normalized spacial score (nSPS) is 14.7. The Bertz CT molecular complexity index is 2160. The van der Waals surface area contributed by atoms with Gasteiger partial charge in [0.05, 0.1) is 23.0 Å². The van der Waals surface area contributed by atoms with E-state index in [1.807, 2.05) is 16.1 Å². The van der Waals surface area contributed by atoms with Gasteiger partial charge in [-0.25, -0.2) is 13.8 Å². The van der Waals surface area contributed by atoms with Gasteiger partial charge in [0.25, 0.3) is 5.91 Å². The maximum absolute atomic E-state index is 15.9. The molecule has 4 atom stereocenters. The first kappa shape index (κ1) is 58.9. The van der Waals surface area contributed by atoms with Crippen LogP contribution in [0.1, 0.15) is 76.6 Å². The fourth-order valence-electron chi connectivity index (χ4n) is 6.19. The van der Waals surface area contributed by atoms with E-state index < -0.39 is 145 Å². The van der Waals surface area contributed by atoms with Gasteiger partial charge in [-0.15, -0.1) is 0 Å². The highest BCUT2D eigenvalue weighted by molar-refractivity contribution is 6.08. The maximum atomic E-state index is 15.9. The maximum Gasteiger partial charge on any atom is 0.396 e. The number of allylic oxidation sites excluding steroid dienone is 2. The van der Waals surface area contributed by atoms with E-state index in [1.165, 1.54) is 43.4 Å². The van der Waals surface area contributed by atoms with Crippen LogP contribution in [0.15, 0.2) is 48.8 Å². The second kappa shape index (κ2) is 24.9. The first-order valence-electron chi connectivity index (χ1n) is 20.7. The lowest BCUT2D eigenvalue weighted by Gasteiger charge is -2.38. The summed E-state index contributed by atoms with van der Waals surface area (Å²) in [7, 11) is 0. The Morgan fingerprint density at radius 3 is 1.49 bits per heavy atom. The van der Waals surface area contributed by atoms with Crippen LogP contribution in [0.25, 0.3) is 11.1 Å². The number of aliphatic hydroxyl groups excluding tert-OH is 1. The number of hydrogen-bond acceptors (Lipinski definition) is 10. The lowest BCUT2D eigenvalue weighted by atomic mass is 9.82. The van der Waals surface area contributed by atoms with Crippen molar-refractivity contribution in [2.75, 3.05) is 6.54 Å². The molecule has 0 bridgehead atoms. The second-order valence-corrected chi connectivity index (χ2v) is 16.4. The van der Waals surface area contributed by atoms with Gasteiger partial charge in [-0.05, 0) is 62.9 Å². The standard InChI is InChI=1S/C43H53F12N9O5/c1-7-32(66)61-34(40(3,4)42(50,51)52)36(68)60-30(13-22-9-11-23(12-10-22)25(16-56)18-58-38(46)47)31(65)21-64(63-37(69)35(62-33(67)8-2)41(5,6)43(53,54)55)20-27-28(44)14-24(15-29(27)45)26(17-57)19-59-39(48)49/h9-12,14-19,30-31,34-35,38-39,56-59,65H,7-8,13,20-21H2,1-6H3,(H,60,68)(H,61,66)(H,62,67)(H,63,69)/b25-18+,26-19+,56-16?,57-17?/t30-,31-,34?,35+/m0/s1. The van der Waals surface area contributed by atoms with Crippen molar-refractivity contribution in [2.24, 2.45) is 10.8 Å². The van der Waals surface area contributed by atoms with E-state index in [0.717, 1.165) is 6.20 Å². The molecule has 0 saturated carbocycles. The van der Waals surface area contributed by atoms with Crippen LogP contribution in [-0.4, -0.2) is 102 Å². The van der Waals surface area contributed by atoms with E-state index in [-0.39, 0.29) is 16.7 Å². The third kappa shape index (κ3) is 16.5. The SMILES string of the molecule is CCC(=O)NC(C(=O)N[C@@H](Cc1ccc(/C(C=N)=C/NC(F)F)cc1)[C@@H](O)CN(Cc1c(F)cc(/C(C=N)=C/NC(F)F)cc1F)NC(=O)[C@@H](NC(=O)CC)C(C)(C)C(F)(F)F)C(C)(C)C(F)(F)F. The molecule has 1 unspecified atom stereocenters. The number of halogens is 12. The minimum Gasteiger partial charge on any atom is -0.390 e. The molecule has 0 spiro atoms. The number of rotatable bonds is 25. The van der Waals surface area contributed by atoms with Crippen molar-refractivity contribution < 1.29 is 77.0 Å². The molecule has 2 rings (SSSR count). The summed E-state index contributed by atoms with van der Waals surface area (Å²) in [6.45, 7) is -3.73. The minimum absolute atomic E-state index is 0.0634. The number of benzene rings is 2. The molecule has 0 aromatic heterocycles. The predicted molar refractivity (Wildman–Crippen MR) is 229 cm³/mol. The van der Waals surface area contributed by atoms with Gasteiger partial charge >= 0.3 is 25.5 Å². The fraction of sp³-hybridized carbons (Fsp3) is 0.488. The second-order valence-electron chi connectivity index (χ2n) is 16.4. The van der Waals surface area contributed by atoms with Crippen LogP contribution in [0.5, 0.6) is 0 Å². The van der Waals surface area contributed by atoms with E-state index in [1.54, 1.807) is 5.32 Å². The number of carbonyl (C=O) groups is 4. The van der Waals surface area contributed by atoms with Crippen LogP contribution in [0.2, 0.25) is 0 Å². The average Bonchev–Trinajstić information content (AvgIpc) is 3.24. The molecule has 0 radical (unpaired) electrons. The molecule has 0 aliphatic carbocycles. The van der Waals surface area contributed by atoms with Crippen LogP contribution < -0.4 is 32.0 Å². The Hall–Kier alpha value is -6.18. The molecule has 2 aromatic carbocycles. The van der Waals surface area contributed by atoms with Gasteiger partial charge in [-0.2, -0.15) is 43.9 Å². The van der Waals surface area contributed by atoms with E-state index in [0.29, 0.717) is 63.5 Å².